The van der Waals surface area contributed by atoms with Gasteiger partial charge in [-0.2, -0.15) is 15.0 Å². The Morgan fingerprint density at radius 3 is 2.56 bits per heavy atom. The van der Waals surface area contributed by atoms with Crippen molar-refractivity contribution in [2.24, 2.45) is 5.41 Å². The molecule has 0 aromatic carbocycles. The average molecular weight is 253 g/mol. The van der Waals surface area contributed by atoms with E-state index in [0.29, 0.717) is 12.6 Å². The molecule has 6 nitrogen and oxygen atoms in total. The Hall–Kier alpha value is -1.59. The van der Waals surface area contributed by atoms with Gasteiger partial charge in [0.05, 0.1) is 6.61 Å². The van der Waals surface area contributed by atoms with Gasteiger partial charge in [0.25, 0.3) is 0 Å². The second-order valence-electron chi connectivity index (χ2n) is 5.02. The number of hydrogen-bond acceptors (Lipinski definition) is 6. The highest BCUT2D eigenvalue weighted by Crippen LogP contribution is 2.20. The van der Waals surface area contributed by atoms with Gasteiger partial charge in [0.1, 0.15) is 0 Å². The Labute approximate surface area is 108 Å². The van der Waals surface area contributed by atoms with Gasteiger partial charge in [-0.05, 0) is 18.3 Å². The summed E-state index contributed by atoms with van der Waals surface area (Å²) < 4.78 is 5.35. The number of ether oxygens (including phenoxy) is 1. The summed E-state index contributed by atoms with van der Waals surface area (Å²) in [5.74, 6) is 0.642. The molecular formula is C12H23N5O. The second kappa shape index (κ2) is 6.37. The van der Waals surface area contributed by atoms with Gasteiger partial charge >= 0.3 is 6.01 Å². The highest BCUT2D eigenvalue weighted by atomic mass is 16.5. The molecule has 1 rings (SSSR count). The maximum Gasteiger partial charge on any atom is 0.323 e. The monoisotopic (exact) mass is 253 g/mol. The molecule has 1 heterocycles. The van der Waals surface area contributed by atoms with Crippen LogP contribution in [0.2, 0.25) is 0 Å². The molecule has 1 aromatic rings. The summed E-state index contributed by atoms with van der Waals surface area (Å²) >= 11 is 0. The van der Waals surface area contributed by atoms with Crippen molar-refractivity contribution in [3.8, 4) is 6.01 Å². The summed E-state index contributed by atoms with van der Waals surface area (Å²) in [6, 6.07) is 0.279. The molecule has 0 spiro atoms. The van der Waals surface area contributed by atoms with Crippen molar-refractivity contribution in [1.82, 2.24) is 15.0 Å². The highest BCUT2D eigenvalue weighted by molar-refractivity contribution is 5.32. The van der Waals surface area contributed by atoms with Crippen LogP contribution in [0.5, 0.6) is 6.01 Å². The van der Waals surface area contributed by atoms with Crippen molar-refractivity contribution >= 4 is 11.9 Å². The van der Waals surface area contributed by atoms with Crippen molar-refractivity contribution in [3.63, 3.8) is 0 Å². The van der Waals surface area contributed by atoms with Crippen LogP contribution in [0.25, 0.3) is 0 Å². The number of nitrogens with zero attached hydrogens (tertiary/aromatic N) is 3. The zero-order valence-electron chi connectivity index (χ0n) is 11.7. The number of aromatic nitrogens is 3. The number of nitrogen functional groups attached to an aromatic ring is 1. The number of anilines is 2. The number of hydrogen-bond donors (Lipinski definition) is 2. The number of nitrogens with one attached hydrogen (secondary N) is 1. The molecule has 0 radical (unpaired) electrons. The SMILES string of the molecule is CCCOc1nc(N)nc(NCC(C)(C)CC)n1. The number of nitrogens with two attached hydrogens (primary N) is 1. The van der Waals surface area contributed by atoms with E-state index >= 15 is 0 Å². The fourth-order valence-electron chi connectivity index (χ4n) is 1.15. The van der Waals surface area contributed by atoms with E-state index in [4.69, 9.17) is 10.5 Å². The lowest BCUT2D eigenvalue weighted by Crippen LogP contribution is -2.23. The van der Waals surface area contributed by atoms with Crippen LogP contribution in [-0.4, -0.2) is 28.1 Å². The minimum Gasteiger partial charge on any atom is -0.463 e. The summed E-state index contributed by atoms with van der Waals surface area (Å²) in [4.78, 5) is 12.1. The van der Waals surface area contributed by atoms with Crippen LogP contribution in [0.1, 0.15) is 40.5 Å². The topological polar surface area (TPSA) is 86.0 Å². The van der Waals surface area contributed by atoms with Gasteiger partial charge in [-0.25, -0.2) is 0 Å². The third-order valence-electron chi connectivity index (χ3n) is 2.75. The van der Waals surface area contributed by atoms with E-state index in [9.17, 15) is 0 Å². The Morgan fingerprint density at radius 2 is 1.94 bits per heavy atom. The molecule has 6 heteroatoms. The van der Waals surface area contributed by atoms with Gasteiger partial charge in [0.2, 0.25) is 11.9 Å². The van der Waals surface area contributed by atoms with Gasteiger partial charge in [-0.3, -0.25) is 0 Å². The van der Waals surface area contributed by atoms with Crippen LogP contribution < -0.4 is 15.8 Å². The summed E-state index contributed by atoms with van der Waals surface area (Å²) in [6.45, 7) is 9.88. The maximum atomic E-state index is 5.62. The zero-order chi connectivity index (χ0) is 13.6. The number of rotatable bonds is 7. The van der Waals surface area contributed by atoms with Crippen molar-refractivity contribution in [2.75, 3.05) is 24.2 Å². The molecule has 0 saturated heterocycles. The Kier molecular flexibility index (Phi) is 5.12. The van der Waals surface area contributed by atoms with E-state index in [1.54, 1.807) is 0 Å². The maximum absolute atomic E-state index is 5.62. The van der Waals surface area contributed by atoms with Crippen LogP contribution in [0.3, 0.4) is 0 Å². The summed E-state index contributed by atoms with van der Waals surface area (Å²) in [6.07, 6.45) is 1.97. The Morgan fingerprint density at radius 1 is 1.22 bits per heavy atom. The van der Waals surface area contributed by atoms with Crippen LogP contribution in [-0.2, 0) is 0 Å². The third kappa shape index (κ3) is 4.73. The minimum atomic E-state index is 0.174. The molecule has 0 fully saturated rings. The molecule has 0 aliphatic carbocycles. The van der Waals surface area contributed by atoms with Gasteiger partial charge in [0.15, 0.2) is 0 Å². The van der Waals surface area contributed by atoms with Gasteiger partial charge < -0.3 is 15.8 Å². The molecule has 0 aliphatic rings. The Balaban J connectivity index is 2.68. The van der Waals surface area contributed by atoms with E-state index in [0.717, 1.165) is 19.4 Å². The van der Waals surface area contributed by atoms with Gasteiger partial charge in [-0.1, -0.05) is 27.7 Å². The first-order chi connectivity index (χ1) is 8.46. The lowest BCUT2D eigenvalue weighted by molar-refractivity contribution is 0.292. The average Bonchev–Trinajstić information content (AvgIpc) is 2.33. The second-order valence-corrected chi connectivity index (χ2v) is 5.02. The molecule has 0 saturated carbocycles. The molecule has 1 aromatic heterocycles. The standard InChI is InChI=1S/C12H23N5O/c1-5-7-18-11-16-9(13)15-10(17-11)14-8-12(3,4)6-2/h5-8H2,1-4H3,(H3,13,14,15,16,17). The van der Waals surface area contributed by atoms with Crippen molar-refractivity contribution in [2.45, 2.75) is 40.5 Å². The molecule has 0 atom stereocenters. The highest BCUT2D eigenvalue weighted by Gasteiger charge is 2.15. The fraction of sp³-hybridized carbons (Fsp3) is 0.750. The molecule has 0 aliphatic heterocycles. The largest absolute Gasteiger partial charge is 0.463 e. The molecular weight excluding hydrogens is 230 g/mol. The predicted molar refractivity (Wildman–Crippen MR) is 72.6 cm³/mol. The molecule has 3 N–H and O–H groups in total. The first kappa shape index (κ1) is 14.5. The summed E-state index contributed by atoms with van der Waals surface area (Å²) in [7, 11) is 0. The van der Waals surface area contributed by atoms with Gasteiger partial charge in [-0.15, -0.1) is 0 Å². The van der Waals surface area contributed by atoms with E-state index in [1.165, 1.54) is 0 Å². The summed E-state index contributed by atoms with van der Waals surface area (Å²) in [5, 5.41) is 3.17. The molecule has 0 bridgehead atoms. The first-order valence-corrected chi connectivity index (χ1v) is 6.35. The van der Waals surface area contributed by atoms with Crippen molar-refractivity contribution in [1.29, 1.82) is 0 Å². The smallest absolute Gasteiger partial charge is 0.323 e. The minimum absolute atomic E-state index is 0.174. The van der Waals surface area contributed by atoms with Crippen molar-refractivity contribution < 1.29 is 4.74 Å². The van der Waals surface area contributed by atoms with Crippen LogP contribution >= 0.6 is 0 Å². The van der Waals surface area contributed by atoms with E-state index in [2.05, 4.69) is 41.0 Å². The van der Waals surface area contributed by atoms with E-state index < -0.39 is 0 Å². The molecule has 0 unspecified atom stereocenters. The Bertz CT molecular complexity index is 381. The van der Waals surface area contributed by atoms with Gasteiger partial charge in [0, 0.05) is 6.54 Å². The molecule has 102 valence electrons. The van der Waals surface area contributed by atoms with Crippen LogP contribution in [0.15, 0.2) is 0 Å². The lowest BCUT2D eigenvalue weighted by atomic mass is 9.90. The first-order valence-electron chi connectivity index (χ1n) is 6.35. The fourth-order valence-corrected chi connectivity index (χ4v) is 1.15. The zero-order valence-corrected chi connectivity index (χ0v) is 11.7. The van der Waals surface area contributed by atoms with E-state index in [-0.39, 0.29) is 17.4 Å². The predicted octanol–water partition coefficient (Wildman–Crippen LogP) is 2.09. The quantitative estimate of drug-likeness (QED) is 0.774. The van der Waals surface area contributed by atoms with Crippen LogP contribution in [0.4, 0.5) is 11.9 Å². The van der Waals surface area contributed by atoms with E-state index in [1.807, 2.05) is 6.92 Å². The summed E-state index contributed by atoms with van der Waals surface area (Å²) in [5.41, 5.74) is 5.81. The molecule has 18 heavy (non-hydrogen) atoms. The van der Waals surface area contributed by atoms with Crippen LogP contribution in [0, 0.1) is 5.41 Å². The van der Waals surface area contributed by atoms with Crippen molar-refractivity contribution in [3.05, 3.63) is 0 Å². The molecule has 0 amide bonds. The lowest BCUT2D eigenvalue weighted by Gasteiger charge is -2.22. The third-order valence-corrected chi connectivity index (χ3v) is 2.75. The normalized spacial score (nSPS) is 11.3.